The van der Waals surface area contributed by atoms with Crippen LogP contribution in [0.4, 0.5) is 0 Å². The summed E-state index contributed by atoms with van der Waals surface area (Å²) in [5.41, 5.74) is 1.15. The van der Waals surface area contributed by atoms with Crippen molar-refractivity contribution in [2.45, 2.75) is 6.04 Å². The highest BCUT2D eigenvalue weighted by molar-refractivity contribution is 9.10. The fourth-order valence-corrected chi connectivity index (χ4v) is 4.38. The zero-order valence-corrected chi connectivity index (χ0v) is 18.2. The summed E-state index contributed by atoms with van der Waals surface area (Å²) in [5.74, 6) is 1.71. The van der Waals surface area contributed by atoms with Crippen LogP contribution < -0.4 is 14.8 Å². The molecule has 1 fully saturated rings. The number of hydrogen-bond acceptors (Lipinski definition) is 5. The minimum absolute atomic E-state index is 0. The van der Waals surface area contributed by atoms with E-state index >= 15 is 0 Å². The van der Waals surface area contributed by atoms with Crippen molar-refractivity contribution in [1.82, 2.24) is 10.2 Å². The highest BCUT2D eigenvalue weighted by Gasteiger charge is 2.28. The van der Waals surface area contributed by atoms with Crippen LogP contribution in [-0.4, -0.2) is 45.3 Å². The molecule has 1 N–H and O–H groups in total. The second-order valence-corrected chi connectivity index (χ2v) is 7.27. The van der Waals surface area contributed by atoms with Crippen LogP contribution in [0.1, 0.15) is 16.5 Å². The third-order valence-corrected chi connectivity index (χ3v) is 5.67. The number of nitrogens with one attached hydrogen (secondary N) is 1. The van der Waals surface area contributed by atoms with Gasteiger partial charge in [0.05, 0.1) is 24.7 Å². The topological polar surface area (TPSA) is 33.7 Å². The Kier molecular flexibility index (Phi) is 9.56. The molecular formula is C17H23BrCl2N2O2S. The van der Waals surface area contributed by atoms with Gasteiger partial charge < -0.3 is 14.8 Å². The van der Waals surface area contributed by atoms with E-state index in [1.807, 2.05) is 6.07 Å². The van der Waals surface area contributed by atoms with Crippen LogP contribution in [0.5, 0.6) is 11.5 Å². The van der Waals surface area contributed by atoms with Gasteiger partial charge in [-0.3, -0.25) is 4.90 Å². The third kappa shape index (κ3) is 5.02. The number of piperazine rings is 1. The summed E-state index contributed by atoms with van der Waals surface area (Å²) in [5, 5.41) is 5.56. The van der Waals surface area contributed by atoms with Crippen LogP contribution in [0.3, 0.4) is 0 Å². The number of nitrogens with zero attached hydrogens (tertiary/aromatic N) is 1. The molecule has 2 aromatic rings. The number of methoxy groups -OCH3 is 2. The fraction of sp³-hybridized carbons (Fsp3) is 0.412. The predicted octanol–water partition coefficient (Wildman–Crippen LogP) is 4.37. The van der Waals surface area contributed by atoms with E-state index in [0.717, 1.165) is 47.7 Å². The van der Waals surface area contributed by atoms with Gasteiger partial charge >= 0.3 is 0 Å². The first-order valence-electron chi connectivity index (χ1n) is 7.64. The van der Waals surface area contributed by atoms with Crippen LogP contribution in [0, 0.1) is 0 Å². The van der Waals surface area contributed by atoms with E-state index in [2.05, 4.69) is 49.7 Å². The smallest absolute Gasteiger partial charge is 0.133 e. The van der Waals surface area contributed by atoms with Crippen molar-refractivity contribution in [1.29, 1.82) is 0 Å². The average molecular weight is 470 g/mol. The van der Waals surface area contributed by atoms with Gasteiger partial charge in [0.15, 0.2) is 0 Å². The van der Waals surface area contributed by atoms with Crippen molar-refractivity contribution in [3.05, 3.63) is 44.6 Å². The molecular weight excluding hydrogens is 447 g/mol. The lowest BCUT2D eigenvalue weighted by atomic mass is 10.0. The SMILES string of the molecule is COc1cc([C@H](c2cccs2)N2CCNCC2)c(OC)cc1Br.Cl.Cl. The Labute approximate surface area is 173 Å². The molecule has 25 heavy (non-hydrogen) atoms. The molecule has 4 nitrogen and oxygen atoms in total. The maximum atomic E-state index is 5.67. The summed E-state index contributed by atoms with van der Waals surface area (Å²) < 4.78 is 12.1. The molecule has 1 atom stereocenters. The number of benzene rings is 1. The first-order valence-corrected chi connectivity index (χ1v) is 9.31. The zero-order chi connectivity index (χ0) is 16.2. The number of hydrogen-bond donors (Lipinski definition) is 1. The van der Waals surface area contributed by atoms with Crippen molar-refractivity contribution in [3.63, 3.8) is 0 Å². The van der Waals surface area contributed by atoms with Crippen molar-refractivity contribution < 1.29 is 9.47 Å². The van der Waals surface area contributed by atoms with Crippen LogP contribution >= 0.6 is 52.1 Å². The molecule has 3 rings (SSSR count). The molecule has 1 aromatic carbocycles. The summed E-state index contributed by atoms with van der Waals surface area (Å²) in [6.45, 7) is 4.06. The Morgan fingerprint density at radius 3 is 2.36 bits per heavy atom. The molecule has 0 amide bonds. The Hall–Kier alpha value is -0.500. The largest absolute Gasteiger partial charge is 0.496 e. The lowest BCUT2D eigenvalue weighted by molar-refractivity contribution is 0.197. The summed E-state index contributed by atoms with van der Waals surface area (Å²) in [6.07, 6.45) is 0. The van der Waals surface area contributed by atoms with E-state index in [4.69, 9.17) is 9.47 Å². The van der Waals surface area contributed by atoms with Crippen molar-refractivity contribution in [3.8, 4) is 11.5 Å². The van der Waals surface area contributed by atoms with Gasteiger partial charge in [0.25, 0.3) is 0 Å². The normalized spacial score (nSPS) is 15.6. The second-order valence-electron chi connectivity index (χ2n) is 5.43. The minimum Gasteiger partial charge on any atom is -0.496 e. The first-order chi connectivity index (χ1) is 11.2. The van der Waals surface area contributed by atoms with Gasteiger partial charge in [0.1, 0.15) is 11.5 Å². The highest BCUT2D eigenvalue weighted by atomic mass is 79.9. The van der Waals surface area contributed by atoms with Gasteiger partial charge in [0, 0.05) is 36.6 Å². The Balaban J connectivity index is 0.00000156. The van der Waals surface area contributed by atoms with E-state index in [1.54, 1.807) is 25.6 Å². The molecule has 140 valence electrons. The molecule has 1 aliphatic rings. The lowest BCUT2D eigenvalue weighted by Gasteiger charge is -2.35. The Bertz CT molecular complexity index is 652. The summed E-state index contributed by atoms with van der Waals surface area (Å²) in [4.78, 5) is 3.84. The number of thiophene rings is 1. The molecule has 0 spiro atoms. The van der Waals surface area contributed by atoms with Crippen LogP contribution in [0.15, 0.2) is 34.1 Å². The quantitative estimate of drug-likeness (QED) is 0.704. The molecule has 1 aromatic heterocycles. The average Bonchev–Trinajstić information content (AvgIpc) is 3.11. The molecule has 2 heterocycles. The van der Waals surface area contributed by atoms with E-state index < -0.39 is 0 Å². The van der Waals surface area contributed by atoms with Crippen molar-refractivity contribution in [2.75, 3.05) is 40.4 Å². The molecule has 0 saturated carbocycles. The molecule has 0 radical (unpaired) electrons. The van der Waals surface area contributed by atoms with Crippen LogP contribution in [0.2, 0.25) is 0 Å². The molecule has 0 bridgehead atoms. The molecule has 1 aliphatic heterocycles. The van der Waals surface area contributed by atoms with Gasteiger partial charge in [-0.25, -0.2) is 0 Å². The lowest BCUT2D eigenvalue weighted by Crippen LogP contribution is -2.45. The Morgan fingerprint density at radius 2 is 1.80 bits per heavy atom. The molecule has 0 aliphatic carbocycles. The fourth-order valence-electron chi connectivity index (χ4n) is 3.01. The summed E-state index contributed by atoms with van der Waals surface area (Å²) >= 11 is 5.34. The van der Waals surface area contributed by atoms with Gasteiger partial charge in [-0.1, -0.05) is 6.07 Å². The number of rotatable bonds is 5. The number of halogens is 3. The van der Waals surface area contributed by atoms with Gasteiger partial charge in [0.2, 0.25) is 0 Å². The first kappa shape index (κ1) is 22.5. The van der Waals surface area contributed by atoms with Crippen LogP contribution in [-0.2, 0) is 0 Å². The van der Waals surface area contributed by atoms with E-state index in [0.29, 0.717) is 0 Å². The van der Waals surface area contributed by atoms with Gasteiger partial charge in [-0.2, -0.15) is 0 Å². The third-order valence-electron chi connectivity index (χ3n) is 4.13. The predicted molar refractivity (Wildman–Crippen MR) is 112 cm³/mol. The molecule has 8 heteroatoms. The van der Waals surface area contributed by atoms with Crippen LogP contribution in [0.25, 0.3) is 0 Å². The molecule has 1 saturated heterocycles. The zero-order valence-electron chi connectivity index (χ0n) is 14.2. The summed E-state index contributed by atoms with van der Waals surface area (Å²) in [7, 11) is 3.42. The maximum Gasteiger partial charge on any atom is 0.133 e. The van der Waals surface area contributed by atoms with Gasteiger partial charge in [-0.15, -0.1) is 36.2 Å². The Morgan fingerprint density at radius 1 is 1.12 bits per heavy atom. The summed E-state index contributed by atoms with van der Waals surface area (Å²) in [6, 6.07) is 8.59. The maximum absolute atomic E-state index is 5.67. The van der Waals surface area contributed by atoms with E-state index in [1.165, 1.54) is 4.88 Å². The second kappa shape index (κ2) is 10.6. The van der Waals surface area contributed by atoms with Crippen molar-refractivity contribution >= 4 is 52.1 Å². The van der Waals surface area contributed by atoms with E-state index in [9.17, 15) is 0 Å². The van der Waals surface area contributed by atoms with Gasteiger partial charge in [-0.05, 0) is 39.5 Å². The number of ether oxygens (including phenoxy) is 2. The highest BCUT2D eigenvalue weighted by Crippen LogP contribution is 2.41. The van der Waals surface area contributed by atoms with E-state index in [-0.39, 0.29) is 30.9 Å². The molecule has 0 unspecified atom stereocenters. The minimum atomic E-state index is 0. The standard InChI is InChI=1S/C17H21BrN2O2S.2ClH/c1-21-14-11-13(18)15(22-2)10-12(14)17(16-4-3-9-23-16)20-7-5-19-6-8-20;;/h3-4,9-11,17,19H,5-8H2,1-2H3;2*1H/t17-;;/m1../s1. The van der Waals surface area contributed by atoms with Crippen molar-refractivity contribution in [2.24, 2.45) is 0 Å². The monoisotopic (exact) mass is 468 g/mol.